The van der Waals surface area contributed by atoms with Gasteiger partial charge in [0.1, 0.15) is 18.1 Å². The van der Waals surface area contributed by atoms with E-state index in [-0.39, 0.29) is 18.3 Å². The van der Waals surface area contributed by atoms with E-state index in [2.05, 4.69) is 10.4 Å². The van der Waals surface area contributed by atoms with E-state index < -0.39 is 0 Å². The number of anilines is 1. The standard InChI is InChI=1S/C23H20ClN3O3/c1-16-12-22(26-27(16)14-17-6-3-2-4-7-17)25-23(28)21-11-10-20(30-21)15-29-19-9-5-8-18(24)13-19/h2-13H,14-15H2,1H3,(H,25,26,28). The minimum Gasteiger partial charge on any atom is -0.486 e. The summed E-state index contributed by atoms with van der Waals surface area (Å²) in [5.41, 5.74) is 2.08. The number of halogens is 1. The summed E-state index contributed by atoms with van der Waals surface area (Å²) in [4.78, 5) is 12.5. The lowest BCUT2D eigenvalue weighted by atomic mass is 10.2. The van der Waals surface area contributed by atoms with Crippen LogP contribution >= 0.6 is 11.6 Å². The molecule has 0 bridgehead atoms. The Balaban J connectivity index is 1.37. The van der Waals surface area contributed by atoms with Gasteiger partial charge < -0.3 is 14.5 Å². The van der Waals surface area contributed by atoms with E-state index in [1.54, 1.807) is 36.4 Å². The first-order valence-electron chi connectivity index (χ1n) is 9.43. The number of aromatic nitrogens is 2. The zero-order chi connectivity index (χ0) is 20.9. The monoisotopic (exact) mass is 421 g/mol. The van der Waals surface area contributed by atoms with Crippen LogP contribution in [0.1, 0.15) is 27.6 Å². The maximum Gasteiger partial charge on any atom is 0.292 e. The van der Waals surface area contributed by atoms with Crippen LogP contribution in [0.4, 0.5) is 5.82 Å². The number of amides is 1. The quantitative estimate of drug-likeness (QED) is 0.438. The van der Waals surface area contributed by atoms with Gasteiger partial charge in [-0.2, -0.15) is 5.10 Å². The van der Waals surface area contributed by atoms with Gasteiger partial charge in [-0.3, -0.25) is 9.48 Å². The van der Waals surface area contributed by atoms with E-state index in [4.69, 9.17) is 20.8 Å². The Morgan fingerprint density at radius 2 is 1.93 bits per heavy atom. The van der Waals surface area contributed by atoms with Crippen LogP contribution in [0, 0.1) is 6.92 Å². The number of ether oxygens (including phenoxy) is 1. The molecule has 4 rings (SSSR count). The zero-order valence-corrected chi connectivity index (χ0v) is 17.1. The van der Waals surface area contributed by atoms with Gasteiger partial charge in [-0.1, -0.05) is 48.0 Å². The predicted octanol–water partition coefficient (Wildman–Crippen LogP) is 5.32. The molecule has 0 unspecified atom stereocenters. The number of rotatable bonds is 7. The number of carbonyl (C=O) groups is 1. The average Bonchev–Trinajstić information content (AvgIpc) is 3.34. The summed E-state index contributed by atoms with van der Waals surface area (Å²) in [7, 11) is 0. The number of aryl methyl sites for hydroxylation is 1. The molecule has 1 N–H and O–H groups in total. The van der Waals surface area contributed by atoms with Crippen molar-refractivity contribution in [2.24, 2.45) is 0 Å². The van der Waals surface area contributed by atoms with Crippen molar-refractivity contribution in [1.29, 1.82) is 0 Å². The van der Waals surface area contributed by atoms with Crippen molar-refractivity contribution in [1.82, 2.24) is 9.78 Å². The van der Waals surface area contributed by atoms with E-state index in [0.717, 1.165) is 11.3 Å². The molecule has 7 heteroatoms. The van der Waals surface area contributed by atoms with Crippen LogP contribution in [0.3, 0.4) is 0 Å². The predicted molar refractivity (Wildman–Crippen MR) is 115 cm³/mol. The molecule has 0 saturated heterocycles. The van der Waals surface area contributed by atoms with Crippen molar-refractivity contribution in [2.75, 3.05) is 5.32 Å². The van der Waals surface area contributed by atoms with Gasteiger partial charge in [0.05, 0.1) is 6.54 Å². The van der Waals surface area contributed by atoms with E-state index in [1.807, 2.05) is 48.0 Å². The minimum absolute atomic E-state index is 0.190. The number of hydrogen-bond donors (Lipinski definition) is 1. The Hall–Kier alpha value is -3.51. The van der Waals surface area contributed by atoms with E-state index >= 15 is 0 Å². The van der Waals surface area contributed by atoms with E-state index in [1.165, 1.54) is 0 Å². The molecule has 0 radical (unpaired) electrons. The molecule has 0 saturated carbocycles. The Labute approximate surface area is 179 Å². The molecule has 0 aliphatic carbocycles. The van der Waals surface area contributed by atoms with E-state index in [0.29, 0.717) is 28.9 Å². The van der Waals surface area contributed by atoms with Gasteiger partial charge in [0.25, 0.3) is 5.91 Å². The maximum atomic E-state index is 12.5. The third-order valence-electron chi connectivity index (χ3n) is 4.46. The van der Waals surface area contributed by atoms with Gasteiger partial charge in [0.15, 0.2) is 11.6 Å². The first-order valence-corrected chi connectivity index (χ1v) is 9.81. The van der Waals surface area contributed by atoms with Crippen LogP contribution in [0.25, 0.3) is 0 Å². The molecule has 0 fully saturated rings. The largest absolute Gasteiger partial charge is 0.486 e. The Kier molecular flexibility index (Phi) is 5.86. The van der Waals surface area contributed by atoms with Crippen molar-refractivity contribution in [3.05, 3.63) is 101 Å². The second-order valence-corrected chi connectivity index (χ2v) is 7.22. The molecular formula is C23H20ClN3O3. The lowest BCUT2D eigenvalue weighted by molar-refractivity contribution is 0.0992. The fourth-order valence-electron chi connectivity index (χ4n) is 2.95. The van der Waals surface area contributed by atoms with Crippen LogP contribution in [0.15, 0.2) is 77.2 Å². The van der Waals surface area contributed by atoms with Crippen molar-refractivity contribution < 1.29 is 13.9 Å². The van der Waals surface area contributed by atoms with Crippen molar-refractivity contribution in [3.8, 4) is 5.75 Å². The number of furan rings is 1. The number of hydrogen-bond acceptors (Lipinski definition) is 4. The molecule has 2 aromatic carbocycles. The molecule has 0 atom stereocenters. The molecule has 1 amide bonds. The smallest absolute Gasteiger partial charge is 0.292 e. The van der Waals surface area contributed by atoms with E-state index in [9.17, 15) is 4.79 Å². The molecule has 2 aromatic heterocycles. The molecule has 0 spiro atoms. The summed E-state index contributed by atoms with van der Waals surface area (Å²) in [6.07, 6.45) is 0. The summed E-state index contributed by atoms with van der Waals surface area (Å²) in [5, 5.41) is 7.84. The Morgan fingerprint density at radius 1 is 1.10 bits per heavy atom. The van der Waals surface area contributed by atoms with Crippen LogP contribution < -0.4 is 10.1 Å². The second kappa shape index (κ2) is 8.88. The van der Waals surface area contributed by atoms with Gasteiger partial charge in [-0.25, -0.2) is 0 Å². The number of carbonyl (C=O) groups excluding carboxylic acids is 1. The summed E-state index contributed by atoms with van der Waals surface area (Å²) in [5.74, 6) is 1.46. The van der Waals surface area contributed by atoms with Crippen LogP contribution in [0.5, 0.6) is 5.75 Å². The van der Waals surface area contributed by atoms with Crippen molar-refractivity contribution in [3.63, 3.8) is 0 Å². The third kappa shape index (κ3) is 4.90. The number of benzene rings is 2. The highest BCUT2D eigenvalue weighted by Gasteiger charge is 2.14. The molecule has 4 aromatic rings. The highest BCUT2D eigenvalue weighted by Crippen LogP contribution is 2.19. The highest BCUT2D eigenvalue weighted by molar-refractivity contribution is 6.30. The minimum atomic E-state index is -0.367. The number of nitrogens with one attached hydrogen (secondary N) is 1. The summed E-state index contributed by atoms with van der Waals surface area (Å²) < 4.78 is 13.1. The molecule has 2 heterocycles. The lowest BCUT2D eigenvalue weighted by Crippen LogP contribution is -2.12. The highest BCUT2D eigenvalue weighted by atomic mass is 35.5. The van der Waals surface area contributed by atoms with Gasteiger partial charge in [-0.05, 0) is 42.8 Å². The molecule has 0 aliphatic heterocycles. The topological polar surface area (TPSA) is 69.3 Å². The summed E-state index contributed by atoms with van der Waals surface area (Å²) in [6, 6.07) is 22.3. The third-order valence-corrected chi connectivity index (χ3v) is 4.70. The summed E-state index contributed by atoms with van der Waals surface area (Å²) in [6.45, 7) is 2.77. The average molecular weight is 422 g/mol. The Morgan fingerprint density at radius 3 is 2.73 bits per heavy atom. The van der Waals surface area contributed by atoms with Gasteiger partial charge in [0.2, 0.25) is 0 Å². The van der Waals surface area contributed by atoms with Crippen LogP contribution in [-0.2, 0) is 13.2 Å². The SMILES string of the molecule is Cc1cc(NC(=O)c2ccc(COc3cccc(Cl)c3)o2)nn1Cc1ccccc1. The van der Waals surface area contributed by atoms with Crippen molar-refractivity contribution >= 4 is 23.3 Å². The molecular weight excluding hydrogens is 402 g/mol. The zero-order valence-electron chi connectivity index (χ0n) is 16.3. The fraction of sp³-hybridized carbons (Fsp3) is 0.130. The summed E-state index contributed by atoms with van der Waals surface area (Å²) >= 11 is 5.94. The lowest BCUT2D eigenvalue weighted by Gasteiger charge is -2.04. The maximum absolute atomic E-state index is 12.5. The van der Waals surface area contributed by atoms with Gasteiger partial charge in [-0.15, -0.1) is 0 Å². The number of nitrogens with zero attached hydrogens (tertiary/aromatic N) is 2. The molecule has 0 aliphatic rings. The molecule has 30 heavy (non-hydrogen) atoms. The van der Waals surface area contributed by atoms with Gasteiger partial charge >= 0.3 is 0 Å². The van der Waals surface area contributed by atoms with Crippen LogP contribution in [-0.4, -0.2) is 15.7 Å². The van der Waals surface area contributed by atoms with Crippen molar-refractivity contribution in [2.45, 2.75) is 20.1 Å². The Bertz CT molecular complexity index is 1150. The molecule has 152 valence electrons. The first kappa shape index (κ1) is 19.8. The van der Waals surface area contributed by atoms with Crippen LogP contribution in [0.2, 0.25) is 5.02 Å². The first-order chi connectivity index (χ1) is 14.6. The van der Waals surface area contributed by atoms with Gasteiger partial charge in [0, 0.05) is 16.8 Å². The normalized spacial score (nSPS) is 10.7. The second-order valence-electron chi connectivity index (χ2n) is 6.78. The molecule has 6 nitrogen and oxygen atoms in total. The fourth-order valence-corrected chi connectivity index (χ4v) is 3.13.